The number of nitrogens with one attached hydrogen (secondary N) is 1. The molecule has 1 aliphatic heterocycles. The third-order valence-corrected chi connectivity index (χ3v) is 10.7. The summed E-state index contributed by atoms with van der Waals surface area (Å²) >= 11 is 0. The molecule has 0 radical (unpaired) electrons. The molecular weight excluding hydrogens is 676 g/mol. The summed E-state index contributed by atoms with van der Waals surface area (Å²) in [7, 11) is 4.77. The van der Waals surface area contributed by atoms with Crippen LogP contribution >= 0.6 is 0 Å². The molecule has 0 aliphatic carbocycles. The van der Waals surface area contributed by atoms with E-state index >= 15 is 0 Å². The first-order chi connectivity index (χ1) is 25.2. The molecule has 1 heterocycles. The number of aliphatic hydroxyl groups excluding tert-OH is 1. The number of rotatable bonds is 21. The number of nitrogens with two attached hydrogens (primary N) is 1. The highest BCUT2D eigenvalue weighted by Gasteiger charge is 2.44. The SMILES string of the molecule is CCC(C)C(C(=O)[C@H](C(C)C)N(C)C(=O)OCc1ccc(N)cc1)C(CC(=O)N1CCCC1C(OC)[C@@H](C)CONC(C)[C@@H](O)c1ccccc1)OC. The minimum absolute atomic E-state index is 0.0155. The number of nitrogens with zero attached hydrogens (tertiary/aromatic N) is 2. The maximum atomic E-state index is 14.5. The van der Waals surface area contributed by atoms with Gasteiger partial charge in [-0.25, -0.2) is 4.79 Å². The van der Waals surface area contributed by atoms with E-state index in [1.54, 1.807) is 38.4 Å². The van der Waals surface area contributed by atoms with E-state index in [9.17, 15) is 19.5 Å². The van der Waals surface area contributed by atoms with E-state index in [1.807, 2.05) is 76.8 Å². The number of methoxy groups -OCH3 is 2. The molecular formula is C41H64N4O8. The number of likely N-dealkylation sites (N-methyl/N-ethyl adjacent to an activating group) is 1. The fourth-order valence-corrected chi connectivity index (χ4v) is 7.49. The van der Waals surface area contributed by atoms with Crippen LogP contribution in [0.3, 0.4) is 0 Å². The molecule has 53 heavy (non-hydrogen) atoms. The summed E-state index contributed by atoms with van der Waals surface area (Å²) < 4.78 is 17.6. The van der Waals surface area contributed by atoms with Crippen LogP contribution in [0.5, 0.6) is 0 Å². The Morgan fingerprint density at radius 3 is 2.23 bits per heavy atom. The van der Waals surface area contributed by atoms with E-state index in [0.717, 1.165) is 24.0 Å². The van der Waals surface area contributed by atoms with Crippen molar-refractivity contribution in [1.29, 1.82) is 0 Å². The molecule has 12 nitrogen and oxygen atoms in total. The van der Waals surface area contributed by atoms with Crippen LogP contribution < -0.4 is 11.2 Å². The first-order valence-electron chi connectivity index (χ1n) is 19.0. The van der Waals surface area contributed by atoms with Gasteiger partial charge >= 0.3 is 6.09 Å². The molecule has 1 aliphatic rings. The number of hydroxylamine groups is 1. The van der Waals surface area contributed by atoms with Crippen LogP contribution in [0, 0.1) is 23.7 Å². The minimum atomic E-state index is -0.788. The lowest BCUT2D eigenvalue weighted by molar-refractivity contribution is -0.144. The average molecular weight is 741 g/mol. The zero-order valence-corrected chi connectivity index (χ0v) is 33.2. The van der Waals surface area contributed by atoms with Gasteiger partial charge in [0.2, 0.25) is 5.91 Å². The monoisotopic (exact) mass is 740 g/mol. The van der Waals surface area contributed by atoms with Crippen molar-refractivity contribution >= 4 is 23.5 Å². The van der Waals surface area contributed by atoms with E-state index in [4.69, 9.17) is 24.8 Å². The van der Waals surface area contributed by atoms with Gasteiger partial charge in [-0.15, -0.1) is 0 Å². The summed E-state index contributed by atoms with van der Waals surface area (Å²) in [6.07, 6.45) is -0.0478. The van der Waals surface area contributed by atoms with E-state index in [1.165, 1.54) is 12.0 Å². The van der Waals surface area contributed by atoms with Gasteiger partial charge in [0.25, 0.3) is 0 Å². The van der Waals surface area contributed by atoms with Gasteiger partial charge in [-0.1, -0.05) is 83.5 Å². The molecule has 2 aromatic carbocycles. The number of hydrogen-bond acceptors (Lipinski definition) is 10. The number of likely N-dealkylation sites (tertiary alicyclic amines) is 1. The molecule has 0 spiro atoms. The van der Waals surface area contributed by atoms with Gasteiger partial charge in [0.05, 0.1) is 49.5 Å². The number of aliphatic hydroxyl groups is 1. The zero-order chi connectivity index (χ0) is 39.2. The molecule has 9 atom stereocenters. The second kappa shape index (κ2) is 21.4. The fourth-order valence-electron chi connectivity index (χ4n) is 7.49. The lowest BCUT2D eigenvalue weighted by atomic mass is 9.77. The van der Waals surface area contributed by atoms with E-state index in [2.05, 4.69) is 5.48 Å². The molecule has 1 fully saturated rings. The van der Waals surface area contributed by atoms with Crippen molar-refractivity contribution < 1.29 is 38.5 Å². The van der Waals surface area contributed by atoms with Crippen molar-refractivity contribution in [2.75, 3.05) is 40.2 Å². The Kier molecular flexibility index (Phi) is 17.7. The number of ketones is 1. The Hall–Kier alpha value is -3.55. The average Bonchev–Trinajstić information content (AvgIpc) is 3.63. The second-order valence-electron chi connectivity index (χ2n) is 14.9. The number of benzene rings is 2. The predicted octanol–water partition coefficient (Wildman–Crippen LogP) is 5.78. The number of hydrogen-bond donors (Lipinski definition) is 3. The smallest absolute Gasteiger partial charge is 0.410 e. The predicted molar refractivity (Wildman–Crippen MR) is 205 cm³/mol. The molecule has 0 saturated carbocycles. The summed E-state index contributed by atoms with van der Waals surface area (Å²) in [5.41, 5.74) is 10.9. The van der Waals surface area contributed by atoms with Gasteiger partial charge in [-0.05, 0) is 54.9 Å². The van der Waals surface area contributed by atoms with Gasteiger partial charge in [-0.3, -0.25) is 9.59 Å². The Balaban J connectivity index is 1.68. The first-order valence-corrected chi connectivity index (χ1v) is 19.0. The van der Waals surface area contributed by atoms with Gasteiger partial charge in [0, 0.05) is 45.3 Å². The number of ether oxygens (including phenoxy) is 3. The fraction of sp³-hybridized carbons (Fsp3) is 0.634. The molecule has 0 aromatic heterocycles. The molecule has 6 unspecified atom stereocenters. The Morgan fingerprint density at radius 2 is 1.64 bits per heavy atom. The number of carbonyl (C=O) groups is 3. The highest BCUT2D eigenvalue weighted by Crippen LogP contribution is 2.32. The quantitative estimate of drug-likeness (QED) is 0.106. The molecule has 2 aromatic rings. The summed E-state index contributed by atoms with van der Waals surface area (Å²) in [5, 5.41) is 10.7. The van der Waals surface area contributed by atoms with Crippen LogP contribution in [0.15, 0.2) is 54.6 Å². The largest absolute Gasteiger partial charge is 0.445 e. The number of carbonyl (C=O) groups excluding carboxylic acids is 3. The third-order valence-electron chi connectivity index (χ3n) is 10.7. The number of Topliss-reactive ketones (excluding diaryl/α,β-unsaturated/α-hetero) is 1. The highest BCUT2D eigenvalue weighted by atomic mass is 16.6. The number of anilines is 1. The van der Waals surface area contributed by atoms with E-state index in [0.29, 0.717) is 25.3 Å². The number of amides is 2. The maximum absolute atomic E-state index is 14.5. The highest BCUT2D eigenvalue weighted by molar-refractivity contribution is 5.91. The Morgan fingerprint density at radius 1 is 0.981 bits per heavy atom. The Labute approximate surface area is 316 Å². The summed E-state index contributed by atoms with van der Waals surface area (Å²) in [4.78, 5) is 51.0. The molecule has 296 valence electrons. The first kappa shape index (κ1) is 43.9. The standard InChI is InChI=1S/C41H64N4O8/c1-10-27(4)36(39(48)37(26(2)3)44(7)41(49)52-25-30-18-20-32(42)21-19-30)34(50-8)23-35(46)45-22-14-17-33(45)40(51-9)28(5)24-53-43-29(6)38(47)31-15-12-11-13-16-31/h11-13,15-16,18-21,26-29,33-34,36-38,40,43,47H,10,14,17,22-25,42H2,1-9H3/t27?,28-,29?,33?,34?,36?,37-,38+,40?/m0/s1. The second-order valence-corrected chi connectivity index (χ2v) is 14.9. The molecule has 0 bridgehead atoms. The van der Waals surface area contributed by atoms with Crippen LogP contribution in [-0.4, -0.2) is 97.4 Å². The van der Waals surface area contributed by atoms with Crippen LogP contribution in [0.2, 0.25) is 0 Å². The maximum Gasteiger partial charge on any atom is 0.410 e. The summed E-state index contributed by atoms with van der Waals surface area (Å²) in [6, 6.07) is 15.2. The minimum Gasteiger partial charge on any atom is -0.445 e. The van der Waals surface area contributed by atoms with Gasteiger partial charge in [0.1, 0.15) is 6.61 Å². The van der Waals surface area contributed by atoms with Crippen molar-refractivity contribution in [2.24, 2.45) is 23.7 Å². The lowest BCUT2D eigenvalue weighted by Crippen LogP contribution is -2.53. The van der Waals surface area contributed by atoms with E-state index < -0.39 is 30.3 Å². The number of nitrogen functional groups attached to an aromatic ring is 1. The van der Waals surface area contributed by atoms with Gasteiger partial charge in [-0.2, -0.15) is 5.48 Å². The van der Waals surface area contributed by atoms with Crippen molar-refractivity contribution in [3.05, 3.63) is 65.7 Å². The van der Waals surface area contributed by atoms with Crippen LogP contribution in [-0.2, 0) is 35.2 Å². The van der Waals surface area contributed by atoms with Crippen LogP contribution in [0.25, 0.3) is 0 Å². The van der Waals surface area contributed by atoms with Gasteiger partial charge in [0.15, 0.2) is 5.78 Å². The Bertz CT molecular complexity index is 1410. The van der Waals surface area contributed by atoms with Crippen molar-refractivity contribution in [2.45, 2.75) is 110 Å². The topological polar surface area (TPSA) is 153 Å². The lowest BCUT2D eigenvalue weighted by Gasteiger charge is -2.38. The van der Waals surface area contributed by atoms with Gasteiger partial charge < -0.3 is 39.7 Å². The molecule has 1 saturated heterocycles. The van der Waals surface area contributed by atoms with Crippen molar-refractivity contribution in [3.8, 4) is 0 Å². The normalized spacial score (nSPS) is 19.2. The summed E-state index contributed by atoms with van der Waals surface area (Å²) in [6.45, 7) is 12.6. The summed E-state index contributed by atoms with van der Waals surface area (Å²) in [5.74, 6) is -1.32. The van der Waals surface area contributed by atoms with Crippen molar-refractivity contribution in [3.63, 3.8) is 0 Å². The van der Waals surface area contributed by atoms with E-state index in [-0.39, 0.29) is 60.7 Å². The molecule has 4 N–H and O–H groups in total. The zero-order valence-electron chi connectivity index (χ0n) is 33.2. The molecule has 3 rings (SSSR count). The third kappa shape index (κ3) is 12.0. The van der Waals surface area contributed by atoms with Crippen molar-refractivity contribution in [1.82, 2.24) is 15.3 Å². The molecule has 2 amide bonds. The van der Waals surface area contributed by atoms with Crippen LogP contribution in [0.1, 0.15) is 84.5 Å². The molecule has 12 heteroatoms. The van der Waals surface area contributed by atoms with Crippen LogP contribution in [0.4, 0.5) is 10.5 Å².